The summed E-state index contributed by atoms with van der Waals surface area (Å²) in [6.45, 7) is 74.4. The fourth-order valence-electron chi connectivity index (χ4n) is 3.48. The fraction of sp³-hybridized carbons (Fsp3) is 1.00. The van der Waals surface area contributed by atoms with Crippen LogP contribution in [0.2, 0.25) is 0 Å². The van der Waals surface area contributed by atoms with Crippen LogP contribution >= 0.6 is 0 Å². The molecule has 3 unspecified atom stereocenters. The van der Waals surface area contributed by atoms with Gasteiger partial charge in [0.1, 0.15) is 0 Å². The molecule has 0 radical (unpaired) electrons. The molecule has 12 heteroatoms. The maximum Gasteiger partial charge on any atom is -0.0644 e. The summed E-state index contributed by atoms with van der Waals surface area (Å²) >= 11 is 5.40. The number of rotatable bonds is 30. The van der Waals surface area contributed by atoms with Crippen LogP contribution in [0.3, 0.4) is 0 Å². The van der Waals surface area contributed by atoms with Gasteiger partial charge in [-0.1, -0.05) is 219 Å². The standard InChI is InChI=1S/4C8H18N.C7H16N.C6H14N.3C5H11N.3Mo/c2*1-7(2)5-9-6-8(3)4;1-5-8(4)9-6-7(2)3;1-5-7(3)9-8(4)6-2;1-4-5-8-6-7(2)3;1-3-5-7-6-4-2;3*1-4-5(2,3)6;;;/h4*7-8H,5-6H2,1-4H3;7H,4-6H2,1-3H3;3-6H2,1-2H3;3*4H2,1-3H3;;;/q6*-1;;;;;;. The van der Waals surface area contributed by atoms with Crippen LogP contribution in [-0.4, -0.2) is 93.6 Å². The van der Waals surface area contributed by atoms with Crippen molar-refractivity contribution in [1.82, 2.24) is 0 Å². The molecule has 0 amide bonds. The van der Waals surface area contributed by atoms with Crippen molar-refractivity contribution in [3.05, 3.63) is 31.9 Å². The molecular weight excluding hydrogens is 1130 g/mol. The van der Waals surface area contributed by atoms with Gasteiger partial charge in [-0.25, -0.2) is 0 Å². The Morgan fingerprint density at radius 1 is 0.319 bits per heavy atom. The van der Waals surface area contributed by atoms with Gasteiger partial charge in [-0.05, 0) is 0 Å². The van der Waals surface area contributed by atoms with Crippen molar-refractivity contribution in [3.63, 3.8) is 0 Å². The topological polar surface area (TPSA) is 122 Å². The molecule has 0 rings (SSSR count). The molecule has 3 atom stereocenters. The van der Waals surface area contributed by atoms with Crippen LogP contribution in [0.15, 0.2) is 10.5 Å². The molecule has 0 spiro atoms. The zero-order valence-electron chi connectivity index (χ0n) is 54.7. The fourth-order valence-corrected chi connectivity index (χ4v) is 4.43. The Morgan fingerprint density at radius 3 is 0.708 bits per heavy atom. The quantitative estimate of drug-likeness (QED) is 0.0502. The van der Waals surface area contributed by atoms with Gasteiger partial charge in [0.05, 0.1) is 0 Å². The van der Waals surface area contributed by atoms with Crippen molar-refractivity contribution in [3.8, 4) is 0 Å². The second-order valence-corrected chi connectivity index (χ2v) is 24.7. The minimum atomic E-state index is 0.213. The molecule has 0 aliphatic carbocycles. The molecule has 0 fully saturated rings. The van der Waals surface area contributed by atoms with E-state index in [-0.39, 0.29) is 16.6 Å². The van der Waals surface area contributed by atoms with E-state index in [1.54, 1.807) is 58.9 Å². The van der Waals surface area contributed by atoms with Gasteiger partial charge in [0.2, 0.25) is 0 Å². The maximum absolute atomic E-state index is 4.51. The maximum atomic E-state index is 4.51. The molecule has 0 N–H and O–H groups in total. The normalized spacial score (nSPS) is 12.2. The molecular formula is C60H135Mo3N9-6. The van der Waals surface area contributed by atoms with E-state index < -0.39 is 0 Å². The van der Waals surface area contributed by atoms with E-state index in [1.807, 2.05) is 0 Å². The molecule has 0 heterocycles. The molecule has 0 aromatic heterocycles. The average molecular weight is 1270 g/mol. The van der Waals surface area contributed by atoms with Crippen molar-refractivity contribution < 1.29 is 58.9 Å². The van der Waals surface area contributed by atoms with Gasteiger partial charge in [-0.15, -0.1) is 77.0 Å². The summed E-state index contributed by atoms with van der Waals surface area (Å²) in [6, 6.07) is 1.67. The summed E-state index contributed by atoms with van der Waals surface area (Å²) in [4.78, 5) is 0. The number of nitrogens with zero attached hydrogens (tertiary/aromatic N) is 9. The van der Waals surface area contributed by atoms with Gasteiger partial charge in [-0.3, -0.25) is 0 Å². The summed E-state index contributed by atoms with van der Waals surface area (Å²) in [6.07, 6.45) is 10.5. The van der Waals surface area contributed by atoms with E-state index in [1.165, 1.54) is 38.5 Å². The first-order chi connectivity index (χ1) is 33.2. The second kappa shape index (κ2) is 68.3. The van der Waals surface area contributed by atoms with Crippen LogP contribution in [-0.2, 0) is 58.9 Å². The third-order valence-electron chi connectivity index (χ3n) is 10.0. The molecule has 0 aliphatic rings. The van der Waals surface area contributed by atoms with Crippen LogP contribution in [0.5, 0.6) is 0 Å². The molecule has 0 aromatic rings. The van der Waals surface area contributed by atoms with Crippen molar-refractivity contribution in [2.75, 3.05) is 58.9 Å². The van der Waals surface area contributed by atoms with Crippen LogP contribution < -0.4 is 0 Å². The summed E-state index contributed by atoms with van der Waals surface area (Å²) < 4.78 is 12.4. The Morgan fingerprint density at radius 2 is 0.542 bits per heavy atom. The second-order valence-electron chi connectivity index (χ2n) is 23.4. The number of hydrogen-bond donors (Lipinski definition) is 0. The van der Waals surface area contributed by atoms with E-state index in [9.17, 15) is 0 Å². The van der Waals surface area contributed by atoms with Crippen molar-refractivity contribution in [2.24, 2.45) is 46.0 Å². The van der Waals surface area contributed by atoms with E-state index in [4.69, 9.17) is 0 Å². The molecule has 0 bridgehead atoms. The van der Waals surface area contributed by atoms with Gasteiger partial charge >= 0.3 is 168 Å². The van der Waals surface area contributed by atoms with Crippen LogP contribution in [0.1, 0.15) is 265 Å². The predicted molar refractivity (Wildman–Crippen MR) is 324 cm³/mol. The Balaban J connectivity index is -0.0000000888. The SMILES string of the molecule is CC(C)C[N-]CC(C)C.CC(C)C[N-]CC(C)C.CCC(C)(C)[N]=[Mo].CCC(C)(C)[N]=[Mo].CCC(C)(C)[N]=[Mo].CCC(C)[N-]C(C)CC.CCC(C)[N-]CC(C)C.CCC[N-]CC(C)C.CCC[N-]CCC. The molecule has 0 saturated carbocycles. The molecule has 444 valence electrons. The average Bonchev–Trinajstić information content (AvgIpc) is 3.32. The van der Waals surface area contributed by atoms with E-state index in [0.29, 0.717) is 18.1 Å². The molecule has 0 saturated heterocycles. The van der Waals surface area contributed by atoms with Crippen LogP contribution in [0.4, 0.5) is 0 Å². The van der Waals surface area contributed by atoms with E-state index in [2.05, 4.69) is 250 Å². The monoisotopic (exact) mass is 1280 g/mol. The Kier molecular flexibility index (Phi) is 87.9. The minimum absolute atomic E-state index is 0.213. The Hall–Kier alpha value is 1.22. The molecule has 72 heavy (non-hydrogen) atoms. The Labute approximate surface area is 492 Å². The van der Waals surface area contributed by atoms with Crippen molar-refractivity contribution >= 4 is 0 Å². The minimum Gasteiger partial charge on any atom is -0.662 e. The smallest absolute Gasteiger partial charge is 0.0644 e. The van der Waals surface area contributed by atoms with Gasteiger partial charge in [0.25, 0.3) is 0 Å². The van der Waals surface area contributed by atoms with Crippen molar-refractivity contribution in [1.29, 1.82) is 0 Å². The molecule has 9 nitrogen and oxygen atoms in total. The predicted octanol–water partition coefficient (Wildman–Crippen LogP) is 21.4. The van der Waals surface area contributed by atoms with Crippen LogP contribution in [0, 0.1) is 35.5 Å². The van der Waals surface area contributed by atoms with Crippen molar-refractivity contribution in [2.45, 2.75) is 300 Å². The molecule has 0 aliphatic heterocycles. The first kappa shape index (κ1) is 92.6. The van der Waals surface area contributed by atoms with Gasteiger partial charge < -0.3 is 31.9 Å². The summed E-state index contributed by atoms with van der Waals surface area (Å²) in [7, 11) is 0. The summed E-state index contributed by atoms with van der Waals surface area (Å²) in [5.41, 5.74) is 0.638. The van der Waals surface area contributed by atoms with E-state index >= 15 is 0 Å². The Bertz CT molecular complexity index is 914. The zero-order valence-corrected chi connectivity index (χ0v) is 60.7. The molecule has 0 aromatic carbocycles. The summed E-state index contributed by atoms with van der Waals surface area (Å²) in [5, 5.41) is 26.2. The van der Waals surface area contributed by atoms with Gasteiger partial charge in [-0.2, -0.15) is 0 Å². The summed E-state index contributed by atoms with van der Waals surface area (Å²) in [5.74, 6) is 4.36. The first-order valence-electron chi connectivity index (χ1n) is 29.1. The zero-order chi connectivity index (χ0) is 58.8. The third kappa shape index (κ3) is 115. The van der Waals surface area contributed by atoms with Gasteiger partial charge in [0.15, 0.2) is 0 Å². The first-order valence-corrected chi connectivity index (χ1v) is 31.8. The number of hydrogen-bond acceptors (Lipinski definition) is 3. The largest absolute Gasteiger partial charge is 0.662 e. The van der Waals surface area contributed by atoms with Gasteiger partial charge in [0, 0.05) is 0 Å². The van der Waals surface area contributed by atoms with E-state index in [0.717, 1.165) is 114 Å². The third-order valence-corrected chi connectivity index (χ3v) is 13.7. The van der Waals surface area contributed by atoms with Crippen LogP contribution in [0.25, 0.3) is 31.9 Å².